The van der Waals surface area contributed by atoms with Crippen molar-refractivity contribution in [3.63, 3.8) is 0 Å². The summed E-state index contributed by atoms with van der Waals surface area (Å²) in [6.45, 7) is 2.17. The smallest absolute Gasteiger partial charge is 0.189 e. The lowest BCUT2D eigenvalue weighted by atomic mass is 10.2. The van der Waals surface area contributed by atoms with Gasteiger partial charge in [-0.1, -0.05) is 19.8 Å². The molecule has 0 rings (SSSR count). The highest BCUT2D eigenvalue weighted by atomic mass is 32.2. The highest BCUT2D eigenvalue weighted by molar-refractivity contribution is 7.83. The van der Waals surface area contributed by atoms with Crippen LogP contribution in [0.3, 0.4) is 0 Å². The van der Waals surface area contributed by atoms with E-state index in [1.165, 1.54) is 31.8 Å². The predicted molar refractivity (Wildman–Crippen MR) is 51.9 cm³/mol. The zero-order valence-corrected chi connectivity index (χ0v) is 8.52. The molecular weight excluding hydrogens is 172 g/mol. The van der Waals surface area contributed by atoms with Crippen LogP contribution in [-0.2, 0) is 15.3 Å². The summed E-state index contributed by atoms with van der Waals surface area (Å²) in [4.78, 5) is 0. The number of rotatable bonds is 6. The molecule has 0 aliphatic heterocycles. The maximum Gasteiger partial charge on any atom is 0.189 e. The maximum atomic E-state index is 10.7. The molecule has 0 radical (unpaired) electrons. The Morgan fingerprint density at radius 2 is 2.25 bits per heavy atom. The van der Waals surface area contributed by atoms with Crippen molar-refractivity contribution in [1.82, 2.24) is 0 Å². The van der Waals surface area contributed by atoms with Gasteiger partial charge >= 0.3 is 0 Å². The van der Waals surface area contributed by atoms with Crippen LogP contribution in [0, 0.1) is 0 Å². The van der Waals surface area contributed by atoms with Crippen LogP contribution in [0.15, 0.2) is 17.2 Å². The van der Waals surface area contributed by atoms with Crippen molar-refractivity contribution in [2.45, 2.75) is 32.6 Å². The molecule has 0 N–H and O–H groups in total. The van der Waals surface area contributed by atoms with E-state index in [9.17, 15) is 4.21 Å². The van der Waals surface area contributed by atoms with Crippen LogP contribution in [0.1, 0.15) is 32.6 Å². The molecule has 0 aliphatic carbocycles. The summed E-state index contributed by atoms with van der Waals surface area (Å²) in [7, 11) is 1.41. The normalized spacial score (nSPS) is 11.8. The summed E-state index contributed by atoms with van der Waals surface area (Å²) < 4.78 is 15.2. The Kier molecular flexibility index (Phi) is 8.46. The SMILES string of the molecule is CCCCCC=C=CS(=O)OC. The lowest BCUT2D eigenvalue weighted by molar-refractivity contribution is 0.452. The van der Waals surface area contributed by atoms with Crippen LogP contribution in [0.5, 0.6) is 0 Å². The van der Waals surface area contributed by atoms with E-state index in [1.54, 1.807) is 0 Å². The Balaban J connectivity index is 3.47. The molecule has 0 saturated heterocycles. The van der Waals surface area contributed by atoms with Gasteiger partial charge in [-0.2, -0.15) is 0 Å². The molecule has 0 saturated carbocycles. The molecule has 1 atom stereocenters. The fourth-order valence-electron chi connectivity index (χ4n) is 0.732. The van der Waals surface area contributed by atoms with Gasteiger partial charge in [0.05, 0.1) is 12.5 Å². The van der Waals surface area contributed by atoms with Crippen molar-refractivity contribution >= 4 is 11.1 Å². The molecule has 2 nitrogen and oxygen atoms in total. The molecule has 3 heteroatoms. The zero-order valence-electron chi connectivity index (χ0n) is 7.71. The second-order valence-corrected chi connectivity index (χ2v) is 3.50. The summed E-state index contributed by atoms with van der Waals surface area (Å²) >= 11 is -1.30. The zero-order chi connectivity index (χ0) is 9.23. The van der Waals surface area contributed by atoms with Gasteiger partial charge in [-0.25, -0.2) is 4.21 Å². The fraction of sp³-hybridized carbons (Fsp3) is 0.667. The average molecular weight is 188 g/mol. The van der Waals surface area contributed by atoms with E-state index in [2.05, 4.69) is 16.8 Å². The molecule has 0 aromatic carbocycles. The van der Waals surface area contributed by atoms with Gasteiger partial charge in [-0.3, -0.25) is 4.18 Å². The highest BCUT2D eigenvalue weighted by Crippen LogP contribution is 1.98. The van der Waals surface area contributed by atoms with E-state index in [0.29, 0.717) is 0 Å². The summed E-state index contributed by atoms with van der Waals surface area (Å²) in [6, 6.07) is 0. The van der Waals surface area contributed by atoms with Crippen LogP contribution < -0.4 is 0 Å². The summed E-state index contributed by atoms with van der Waals surface area (Å²) in [5.41, 5.74) is 2.82. The van der Waals surface area contributed by atoms with Crippen LogP contribution in [0.25, 0.3) is 0 Å². The second kappa shape index (κ2) is 8.72. The first-order chi connectivity index (χ1) is 5.81. The Morgan fingerprint density at radius 1 is 1.50 bits per heavy atom. The third-order valence-electron chi connectivity index (χ3n) is 1.40. The number of allylic oxidation sites excluding steroid dienone is 1. The molecular formula is C9H16O2S. The van der Waals surface area contributed by atoms with Gasteiger partial charge in [0.25, 0.3) is 0 Å². The topological polar surface area (TPSA) is 26.3 Å². The monoisotopic (exact) mass is 188 g/mol. The molecule has 0 bridgehead atoms. The molecule has 0 spiro atoms. The molecule has 12 heavy (non-hydrogen) atoms. The van der Waals surface area contributed by atoms with E-state index >= 15 is 0 Å². The van der Waals surface area contributed by atoms with Crippen molar-refractivity contribution in [3.8, 4) is 0 Å². The molecule has 70 valence electrons. The first kappa shape index (κ1) is 11.6. The number of unbranched alkanes of at least 4 members (excludes halogenated alkanes) is 3. The molecule has 0 amide bonds. The Bertz CT molecular complexity index is 181. The third-order valence-corrected chi connectivity index (χ3v) is 2.06. The minimum atomic E-state index is -1.30. The second-order valence-electron chi connectivity index (χ2n) is 2.41. The van der Waals surface area contributed by atoms with Gasteiger partial charge < -0.3 is 0 Å². The highest BCUT2D eigenvalue weighted by Gasteiger charge is 1.83. The van der Waals surface area contributed by atoms with Gasteiger partial charge in [0.1, 0.15) is 0 Å². The lowest BCUT2D eigenvalue weighted by Crippen LogP contribution is -1.82. The summed E-state index contributed by atoms with van der Waals surface area (Å²) in [6.07, 6.45) is 6.54. The standard InChI is InChI=1S/C9H16O2S/c1-3-4-5-6-7-8-9-12(10)11-2/h7,9H,3-6H2,1-2H3. The van der Waals surface area contributed by atoms with E-state index in [0.717, 1.165) is 6.42 Å². The minimum Gasteiger partial charge on any atom is -0.290 e. The Morgan fingerprint density at radius 3 is 2.83 bits per heavy atom. The van der Waals surface area contributed by atoms with E-state index in [1.807, 2.05) is 6.08 Å². The molecule has 0 aliphatic rings. The fourth-order valence-corrected chi connectivity index (χ4v) is 1.04. The third kappa shape index (κ3) is 7.73. The van der Waals surface area contributed by atoms with E-state index in [4.69, 9.17) is 0 Å². The lowest BCUT2D eigenvalue weighted by Gasteiger charge is -1.88. The van der Waals surface area contributed by atoms with Crippen LogP contribution >= 0.6 is 0 Å². The summed E-state index contributed by atoms with van der Waals surface area (Å²) in [5.74, 6) is 0. The van der Waals surface area contributed by atoms with Crippen molar-refractivity contribution in [1.29, 1.82) is 0 Å². The van der Waals surface area contributed by atoms with Gasteiger partial charge in [-0.15, -0.1) is 5.73 Å². The molecule has 0 aromatic heterocycles. The van der Waals surface area contributed by atoms with Crippen molar-refractivity contribution < 1.29 is 8.39 Å². The van der Waals surface area contributed by atoms with E-state index in [-0.39, 0.29) is 0 Å². The van der Waals surface area contributed by atoms with Crippen molar-refractivity contribution in [2.24, 2.45) is 0 Å². The number of hydrogen-bond acceptors (Lipinski definition) is 2. The first-order valence-corrected chi connectivity index (χ1v) is 5.31. The van der Waals surface area contributed by atoms with Crippen molar-refractivity contribution in [3.05, 3.63) is 17.2 Å². The largest absolute Gasteiger partial charge is 0.290 e. The van der Waals surface area contributed by atoms with Gasteiger partial charge in [0.2, 0.25) is 0 Å². The Hall–Kier alpha value is -0.370. The van der Waals surface area contributed by atoms with Crippen molar-refractivity contribution in [2.75, 3.05) is 7.11 Å². The molecule has 0 aromatic rings. The average Bonchev–Trinajstić information content (AvgIpc) is 2.10. The van der Waals surface area contributed by atoms with Crippen LogP contribution in [0.4, 0.5) is 0 Å². The predicted octanol–water partition coefficient (Wildman–Crippen LogP) is 2.55. The van der Waals surface area contributed by atoms with E-state index < -0.39 is 11.1 Å². The van der Waals surface area contributed by atoms with Crippen LogP contribution in [0.2, 0.25) is 0 Å². The van der Waals surface area contributed by atoms with Crippen LogP contribution in [-0.4, -0.2) is 11.3 Å². The molecule has 0 fully saturated rings. The molecule has 1 unspecified atom stereocenters. The Labute approximate surface area is 77.0 Å². The van der Waals surface area contributed by atoms with Gasteiger partial charge in [0.15, 0.2) is 11.1 Å². The number of hydrogen-bond donors (Lipinski definition) is 0. The molecule has 0 heterocycles. The quantitative estimate of drug-likeness (QED) is 0.473. The maximum absolute atomic E-state index is 10.7. The van der Waals surface area contributed by atoms with Gasteiger partial charge in [-0.05, 0) is 18.9 Å². The summed E-state index contributed by atoms with van der Waals surface area (Å²) in [5, 5.41) is 1.42. The minimum absolute atomic E-state index is 1.01. The first-order valence-electron chi connectivity index (χ1n) is 4.17. The van der Waals surface area contributed by atoms with Gasteiger partial charge in [0, 0.05) is 0 Å².